The van der Waals surface area contributed by atoms with Crippen LogP contribution in [-0.4, -0.2) is 18.3 Å². The van der Waals surface area contributed by atoms with E-state index in [1.54, 1.807) is 19.1 Å². The second kappa shape index (κ2) is 7.05. The summed E-state index contributed by atoms with van der Waals surface area (Å²) in [5.74, 6) is 0.819. The van der Waals surface area contributed by atoms with Gasteiger partial charge >= 0.3 is 5.97 Å². The maximum atomic E-state index is 11.1. The highest BCUT2D eigenvalue weighted by Gasteiger charge is 2.05. The minimum atomic E-state index is -0.197. The van der Waals surface area contributed by atoms with E-state index in [4.69, 9.17) is 27.9 Å². The van der Waals surface area contributed by atoms with E-state index >= 15 is 0 Å². The molecule has 0 fully saturated rings. The number of hydrogen-bond donors (Lipinski definition) is 0. The molecule has 0 bridgehead atoms. The molecule has 5 heteroatoms. The number of halogens is 2. The average Bonchev–Trinajstić information content (AvgIpc) is 2.22. The lowest BCUT2D eigenvalue weighted by Crippen LogP contribution is -2.06. The van der Waals surface area contributed by atoms with Crippen LogP contribution in [0.2, 0.25) is 10.0 Å². The molecule has 0 saturated carbocycles. The largest absolute Gasteiger partial charge is 0.465 e. The van der Waals surface area contributed by atoms with Crippen molar-refractivity contribution in [2.75, 3.05) is 12.4 Å². The van der Waals surface area contributed by atoms with Crippen molar-refractivity contribution in [3.63, 3.8) is 0 Å². The normalized spacial score (nSPS) is 10.2. The molecule has 0 radical (unpaired) electrons. The number of benzene rings is 1. The van der Waals surface area contributed by atoms with Crippen molar-refractivity contribution in [3.8, 4) is 0 Å². The molecular weight excluding hydrogens is 267 g/mol. The van der Waals surface area contributed by atoms with E-state index in [-0.39, 0.29) is 5.97 Å². The summed E-state index contributed by atoms with van der Waals surface area (Å²) in [6.07, 6.45) is 0. The molecule has 0 spiro atoms. The van der Waals surface area contributed by atoms with Gasteiger partial charge in [-0.05, 0) is 24.6 Å². The fraction of sp³-hybridized carbons (Fsp3) is 0.364. The monoisotopic (exact) mass is 278 g/mol. The Balaban J connectivity index is 2.40. The van der Waals surface area contributed by atoms with E-state index in [0.29, 0.717) is 28.2 Å². The zero-order chi connectivity index (χ0) is 12.0. The third-order valence-corrected chi connectivity index (χ3v) is 3.34. The number of thioether (sulfide) groups is 1. The van der Waals surface area contributed by atoms with Gasteiger partial charge in [-0.1, -0.05) is 29.3 Å². The van der Waals surface area contributed by atoms with Gasteiger partial charge in [0.1, 0.15) is 0 Å². The Labute approximate surface area is 109 Å². The summed E-state index contributed by atoms with van der Waals surface area (Å²) < 4.78 is 4.82. The minimum absolute atomic E-state index is 0.197. The lowest BCUT2D eigenvalue weighted by atomic mass is 10.2. The number of rotatable bonds is 5. The van der Waals surface area contributed by atoms with Crippen molar-refractivity contribution in [3.05, 3.63) is 33.8 Å². The quantitative estimate of drug-likeness (QED) is 0.767. The molecule has 0 amide bonds. The zero-order valence-corrected chi connectivity index (χ0v) is 11.2. The van der Waals surface area contributed by atoms with E-state index in [2.05, 4.69) is 0 Å². The van der Waals surface area contributed by atoms with Crippen LogP contribution >= 0.6 is 35.0 Å². The van der Waals surface area contributed by atoms with Gasteiger partial charge in [-0.2, -0.15) is 0 Å². The maximum Gasteiger partial charge on any atom is 0.315 e. The molecule has 0 aliphatic rings. The topological polar surface area (TPSA) is 26.3 Å². The summed E-state index contributed by atoms with van der Waals surface area (Å²) in [6, 6.07) is 5.35. The molecule has 0 N–H and O–H groups in total. The number of carbonyl (C=O) groups excluding carboxylic acids is 1. The van der Waals surface area contributed by atoms with Gasteiger partial charge < -0.3 is 4.74 Å². The Morgan fingerprint density at radius 2 is 2.19 bits per heavy atom. The molecule has 0 heterocycles. The fourth-order valence-corrected chi connectivity index (χ4v) is 2.46. The van der Waals surface area contributed by atoms with Crippen molar-refractivity contribution >= 4 is 40.9 Å². The maximum absolute atomic E-state index is 11.1. The first-order valence-corrected chi connectivity index (χ1v) is 6.72. The second-order valence-corrected chi connectivity index (χ2v) is 4.86. The van der Waals surface area contributed by atoms with E-state index in [9.17, 15) is 4.79 Å². The number of ether oxygens (including phenoxy) is 1. The van der Waals surface area contributed by atoms with Crippen LogP contribution < -0.4 is 0 Å². The van der Waals surface area contributed by atoms with Crippen LogP contribution in [0.4, 0.5) is 0 Å². The highest BCUT2D eigenvalue weighted by molar-refractivity contribution is 7.99. The van der Waals surface area contributed by atoms with Crippen LogP contribution in [0.5, 0.6) is 0 Å². The van der Waals surface area contributed by atoms with E-state index in [1.165, 1.54) is 11.8 Å². The summed E-state index contributed by atoms with van der Waals surface area (Å²) in [6.45, 7) is 2.21. The molecular formula is C11H12Cl2O2S. The van der Waals surface area contributed by atoms with Crippen LogP contribution in [0.25, 0.3) is 0 Å². The van der Waals surface area contributed by atoms with Crippen molar-refractivity contribution in [1.82, 2.24) is 0 Å². The van der Waals surface area contributed by atoms with Crippen LogP contribution in [0.15, 0.2) is 18.2 Å². The Morgan fingerprint density at radius 3 is 2.81 bits per heavy atom. The number of esters is 1. The fourth-order valence-electron chi connectivity index (χ4n) is 1.09. The molecule has 0 unspecified atom stereocenters. The van der Waals surface area contributed by atoms with Crippen molar-refractivity contribution in [2.24, 2.45) is 0 Å². The van der Waals surface area contributed by atoms with Gasteiger partial charge in [-0.15, -0.1) is 11.8 Å². The lowest BCUT2D eigenvalue weighted by Gasteiger charge is -2.04. The second-order valence-electron chi connectivity index (χ2n) is 3.03. The third kappa shape index (κ3) is 4.64. The van der Waals surface area contributed by atoms with Gasteiger partial charge in [0, 0.05) is 15.8 Å². The van der Waals surface area contributed by atoms with Gasteiger partial charge in [0.25, 0.3) is 0 Å². The van der Waals surface area contributed by atoms with E-state index in [0.717, 1.165) is 5.56 Å². The molecule has 0 aromatic heterocycles. The first kappa shape index (κ1) is 13.7. The van der Waals surface area contributed by atoms with Gasteiger partial charge in [-0.25, -0.2) is 0 Å². The first-order valence-electron chi connectivity index (χ1n) is 4.80. The van der Waals surface area contributed by atoms with Crippen LogP contribution in [0.1, 0.15) is 12.5 Å². The van der Waals surface area contributed by atoms with Crippen molar-refractivity contribution < 1.29 is 9.53 Å². The van der Waals surface area contributed by atoms with Gasteiger partial charge in [-0.3, -0.25) is 4.79 Å². The van der Waals surface area contributed by atoms with E-state index < -0.39 is 0 Å². The van der Waals surface area contributed by atoms with Crippen LogP contribution in [-0.2, 0) is 15.3 Å². The molecule has 1 rings (SSSR count). The molecule has 0 aliphatic carbocycles. The molecule has 2 nitrogen and oxygen atoms in total. The van der Waals surface area contributed by atoms with Gasteiger partial charge in [0.2, 0.25) is 0 Å². The lowest BCUT2D eigenvalue weighted by molar-refractivity contribution is -0.139. The summed E-state index contributed by atoms with van der Waals surface area (Å²) in [4.78, 5) is 11.1. The molecule has 0 saturated heterocycles. The minimum Gasteiger partial charge on any atom is -0.465 e. The smallest absolute Gasteiger partial charge is 0.315 e. The first-order chi connectivity index (χ1) is 7.63. The summed E-state index contributed by atoms with van der Waals surface area (Å²) >= 11 is 13.2. The Morgan fingerprint density at radius 1 is 1.44 bits per heavy atom. The Bertz CT molecular complexity index is 369. The summed E-state index contributed by atoms with van der Waals surface area (Å²) in [7, 11) is 0. The van der Waals surface area contributed by atoms with Crippen LogP contribution in [0.3, 0.4) is 0 Å². The number of carbonyl (C=O) groups is 1. The average molecular weight is 279 g/mol. The Hall–Kier alpha value is -0.380. The van der Waals surface area contributed by atoms with Gasteiger partial charge in [0.05, 0.1) is 12.4 Å². The molecule has 0 atom stereocenters. The molecule has 0 aliphatic heterocycles. The van der Waals surface area contributed by atoms with E-state index in [1.807, 2.05) is 6.07 Å². The predicted molar refractivity (Wildman–Crippen MR) is 69.3 cm³/mol. The number of hydrogen-bond acceptors (Lipinski definition) is 3. The molecule has 1 aromatic carbocycles. The molecule has 88 valence electrons. The van der Waals surface area contributed by atoms with Gasteiger partial charge in [0.15, 0.2) is 0 Å². The van der Waals surface area contributed by atoms with Crippen molar-refractivity contribution in [1.29, 1.82) is 0 Å². The molecule has 16 heavy (non-hydrogen) atoms. The predicted octanol–water partition coefficient (Wildman–Crippen LogP) is 3.79. The van der Waals surface area contributed by atoms with Crippen molar-refractivity contribution in [2.45, 2.75) is 12.7 Å². The Kier molecular flexibility index (Phi) is 6.03. The zero-order valence-electron chi connectivity index (χ0n) is 8.83. The highest BCUT2D eigenvalue weighted by Crippen LogP contribution is 2.24. The SMILES string of the molecule is CCOC(=O)CSCc1ccc(Cl)cc1Cl. The van der Waals surface area contributed by atoms with Crippen LogP contribution in [0, 0.1) is 0 Å². The summed E-state index contributed by atoms with van der Waals surface area (Å²) in [5, 5.41) is 1.24. The standard InChI is InChI=1S/C11H12Cl2O2S/c1-2-15-11(14)7-16-6-8-3-4-9(12)5-10(8)13/h3-5H,2,6-7H2,1H3. The highest BCUT2D eigenvalue weighted by atomic mass is 35.5. The third-order valence-electron chi connectivity index (χ3n) is 1.80. The summed E-state index contributed by atoms with van der Waals surface area (Å²) in [5.41, 5.74) is 0.973. The molecule has 1 aromatic rings.